The molecular weight excluding hydrogens is 286 g/mol. The highest BCUT2D eigenvalue weighted by Gasteiger charge is 2.23. The quantitative estimate of drug-likeness (QED) is 0.345. The minimum absolute atomic E-state index is 0.0107. The molecule has 19 heavy (non-hydrogen) atoms. The van der Waals surface area contributed by atoms with E-state index in [2.05, 4.69) is 10.5 Å². The number of carbonyl (C=O) groups is 1. The maximum atomic E-state index is 12.0. The fourth-order valence-corrected chi connectivity index (χ4v) is 3.26. The maximum absolute atomic E-state index is 12.0. The van der Waals surface area contributed by atoms with E-state index in [9.17, 15) is 4.79 Å². The molecule has 1 aromatic rings. The first kappa shape index (κ1) is 14.0. The molecule has 1 amide bonds. The van der Waals surface area contributed by atoms with Crippen molar-refractivity contribution in [1.82, 2.24) is 0 Å². The average molecular weight is 300 g/mol. The summed E-state index contributed by atoms with van der Waals surface area (Å²) in [6.45, 7) is 0. The molecule has 1 unspecified atom stereocenters. The second kappa shape index (κ2) is 6.16. The average Bonchev–Trinajstić information content (AvgIpc) is 2.94. The zero-order valence-electron chi connectivity index (χ0n) is 10.1. The number of hydrogen-bond acceptors (Lipinski definition) is 4. The molecule has 1 saturated heterocycles. The van der Waals surface area contributed by atoms with E-state index in [1.54, 1.807) is 30.0 Å². The molecule has 5 nitrogen and oxygen atoms in total. The van der Waals surface area contributed by atoms with E-state index in [0.717, 1.165) is 17.9 Å². The van der Waals surface area contributed by atoms with Crippen LogP contribution in [0.5, 0.6) is 0 Å². The van der Waals surface area contributed by atoms with Gasteiger partial charge in [-0.1, -0.05) is 16.8 Å². The van der Waals surface area contributed by atoms with Gasteiger partial charge in [-0.2, -0.15) is 11.8 Å². The zero-order valence-corrected chi connectivity index (χ0v) is 11.7. The van der Waals surface area contributed by atoms with E-state index in [4.69, 9.17) is 22.5 Å². The summed E-state index contributed by atoms with van der Waals surface area (Å²) in [6.07, 6.45) is 0.899. The summed E-state index contributed by atoms with van der Waals surface area (Å²) in [5, 5.41) is 14.7. The second-order valence-corrected chi connectivity index (χ2v) is 5.79. The van der Waals surface area contributed by atoms with Crippen LogP contribution in [0.1, 0.15) is 12.0 Å². The monoisotopic (exact) mass is 299 g/mol. The number of thioether (sulfide) groups is 1. The Morgan fingerprint density at radius 3 is 2.95 bits per heavy atom. The van der Waals surface area contributed by atoms with Gasteiger partial charge in [-0.3, -0.25) is 4.79 Å². The lowest BCUT2D eigenvalue weighted by Gasteiger charge is -2.11. The third kappa shape index (κ3) is 3.33. The number of halogens is 1. The molecule has 2 rings (SSSR count). The van der Waals surface area contributed by atoms with Crippen molar-refractivity contribution in [2.75, 3.05) is 16.8 Å². The number of nitrogens with two attached hydrogens (primary N) is 1. The van der Waals surface area contributed by atoms with Crippen LogP contribution >= 0.6 is 23.4 Å². The first-order valence-corrected chi connectivity index (χ1v) is 7.31. The molecule has 0 bridgehead atoms. The van der Waals surface area contributed by atoms with Gasteiger partial charge in [0, 0.05) is 17.2 Å². The highest BCUT2D eigenvalue weighted by atomic mass is 35.5. The van der Waals surface area contributed by atoms with Crippen molar-refractivity contribution >= 4 is 40.8 Å². The van der Waals surface area contributed by atoms with Gasteiger partial charge >= 0.3 is 0 Å². The van der Waals surface area contributed by atoms with Gasteiger partial charge in [-0.25, -0.2) is 0 Å². The van der Waals surface area contributed by atoms with Gasteiger partial charge in [0.25, 0.3) is 0 Å². The molecule has 1 heterocycles. The highest BCUT2D eigenvalue weighted by molar-refractivity contribution is 7.99. The van der Waals surface area contributed by atoms with Gasteiger partial charge in [0.05, 0.1) is 10.7 Å². The summed E-state index contributed by atoms with van der Waals surface area (Å²) in [5.74, 6) is 1.89. The molecule has 1 atom stereocenters. The molecule has 4 N–H and O–H groups in total. The van der Waals surface area contributed by atoms with Crippen molar-refractivity contribution in [2.24, 2.45) is 16.8 Å². The Bertz CT molecular complexity index is 516. The lowest BCUT2D eigenvalue weighted by atomic mass is 10.1. The normalized spacial score (nSPS) is 19.4. The Balaban J connectivity index is 2.10. The van der Waals surface area contributed by atoms with Crippen LogP contribution in [0.25, 0.3) is 0 Å². The van der Waals surface area contributed by atoms with Gasteiger partial charge < -0.3 is 16.3 Å². The Labute approximate surface area is 120 Å². The van der Waals surface area contributed by atoms with Crippen molar-refractivity contribution in [3.63, 3.8) is 0 Å². The van der Waals surface area contributed by atoms with E-state index in [1.165, 1.54) is 0 Å². The summed E-state index contributed by atoms with van der Waals surface area (Å²) in [7, 11) is 0. The van der Waals surface area contributed by atoms with E-state index < -0.39 is 0 Å². The molecule has 1 aliphatic heterocycles. The Morgan fingerprint density at radius 1 is 1.58 bits per heavy atom. The number of anilines is 1. The highest BCUT2D eigenvalue weighted by Crippen LogP contribution is 2.27. The maximum Gasteiger partial charge on any atom is 0.228 e. The number of nitrogens with one attached hydrogen (secondary N) is 1. The molecule has 1 fully saturated rings. The number of amides is 1. The SMILES string of the molecule is N/C(=N/O)c1ccc(NC(=O)C2CCSC2)c(Cl)c1. The lowest BCUT2D eigenvalue weighted by Crippen LogP contribution is -2.22. The Morgan fingerprint density at radius 2 is 2.37 bits per heavy atom. The van der Waals surface area contributed by atoms with Crippen molar-refractivity contribution in [3.8, 4) is 0 Å². The fraction of sp³-hybridized carbons (Fsp3) is 0.333. The third-order valence-corrected chi connectivity index (χ3v) is 4.41. The largest absolute Gasteiger partial charge is 0.409 e. The van der Waals surface area contributed by atoms with E-state index >= 15 is 0 Å². The van der Waals surface area contributed by atoms with Crippen molar-refractivity contribution < 1.29 is 10.0 Å². The van der Waals surface area contributed by atoms with Crippen molar-refractivity contribution in [2.45, 2.75) is 6.42 Å². The Kier molecular flexibility index (Phi) is 4.55. The Hall–Kier alpha value is -1.40. The van der Waals surface area contributed by atoms with Crippen LogP contribution in [-0.2, 0) is 4.79 Å². The summed E-state index contributed by atoms with van der Waals surface area (Å²) in [6, 6.07) is 4.84. The first-order valence-electron chi connectivity index (χ1n) is 5.78. The van der Waals surface area contributed by atoms with Crippen LogP contribution in [0.4, 0.5) is 5.69 Å². The van der Waals surface area contributed by atoms with E-state index in [-0.39, 0.29) is 17.7 Å². The summed E-state index contributed by atoms with van der Waals surface area (Å²) < 4.78 is 0. The number of oxime groups is 1. The van der Waals surface area contributed by atoms with Crippen LogP contribution < -0.4 is 11.1 Å². The zero-order chi connectivity index (χ0) is 13.8. The standard InChI is InChI=1S/C12H14ClN3O2S/c13-9-5-7(11(14)16-18)1-2-10(9)15-12(17)8-3-4-19-6-8/h1-2,5,8,18H,3-4,6H2,(H2,14,16)(H,15,17). The number of hydrogen-bond donors (Lipinski definition) is 3. The summed E-state index contributed by atoms with van der Waals surface area (Å²) in [5.41, 5.74) is 6.51. The molecule has 1 aromatic carbocycles. The second-order valence-electron chi connectivity index (χ2n) is 4.23. The van der Waals surface area contributed by atoms with Crippen LogP contribution in [0.2, 0.25) is 5.02 Å². The smallest absolute Gasteiger partial charge is 0.228 e. The lowest BCUT2D eigenvalue weighted by molar-refractivity contribution is -0.119. The van der Waals surface area contributed by atoms with Gasteiger partial charge in [0.1, 0.15) is 0 Å². The van der Waals surface area contributed by atoms with Gasteiger partial charge in [0.2, 0.25) is 5.91 Å². The van der Waals surface area contributed by atoms with Crippen LogP contribution in [-0.4, -0.2) is 28.5 Å². The number of carbonyl (C=O) groups excluding carboxylic acids is 1. The summed E-state index contributed by atoms with van der Waals surface area (Å²) >= 11 is 7.85. The van der Waals surface area contributed by atoms with Gasteiger partial charge in [-0.05, 0) is 30.4 Å². The fourth-order valence-electron chi connectivity index (χ4n) is 1.81. The van der Waals surface area contributed by atoms with Crippen LogP contribution in [0.3, 0.4) is 0 Å². The molecule has 102 valence electrons. The van der Waals surface area contributed by atoms with E-state index in [1.807, 2.05) is 0 Å². The van der Waals surface area contributed by atoms with E-state index in [0.29, 0.717) is 16.3 Å². The molecule has 0 radical (unpaired) electrons. The minimum Gasteiger partial charge on any atom is -0.409 e. The molecule has 0 spiro atoms. The summed E-state index contributed by atoms with van der Waals surface area (Å²) in [4.78, 5) is 12.0. The minimum atomic E-state index is -0.0213. The predicted octanol–water partition coefficient (Wildman–Crippen LogP) is 2.13. The molecule has 0 aliphatic carbocycles. The number of amidine groups is 1. The van der Waals surface area contributed by atoms with Gasteiger partial charge in [0.15, 0.2) is 5.84 Å². The molecule has 0 saturated carbocycles. The van der Waals surface area contributed by atoms with Crippen molar-refractivity contribution in [3.05, 3.63) is 28.8 Å². The number of rotatable bonds is 3. The van der Waals surface area contributed by atoms with Crippen molar-refractivity contribution in [1.29, 1.82) is 0 Å². The van der Waals surface area contributed by atoms with Crippen LogP contribution in [0.15, 0.2) is 23.4 Å². The molecule has 1 aliphatic rings. The molecular formula is C12H14ClN3O2S. The van der Waals surface area contributed by atoms with Gasteiger partial charge in [-0.15, -0.1) is 0 Å². The topological polar surface area (TPSA) is 87.7 Å². The first-order chi connectivity index (χ1) is 9.11. The molecule has 7 heteroatoms. The third-order valence-electron chi connectivity index (χ3n) is 2.93. The molecule has 0 aromatic heterocycles. The number of nitrogens with zero attached hydrogens (tertiary/aromatic N) is 1. The predicted molar refractivity (Wildman–Crippen MR) is 78.0 cm³/mol. The van der Waals surface area contributed by atoms with Crippen LogP contribution in [0, 0.1) is 5.92 Å². The number of benzene rings is 1.